The Kier molecular flexibility index (Phi) is 2.52. The number of pyridine rings is 1. The number of likely N-dealkylation sites (N-methyl/N-ethyl adjacent to an activating group) is 1. The Labute approximate surface area is 105 Å². The number of aromatic nitrogens is 1. The number of benzene rings is 1. The summed E-state index contributed by atoms with van der Waals surface area (Å²) in [5.41, 5.74) is 7.84. The molecule has 3 rings (SSSR count). The smallest absolute Gasteiger partial charge is 0.224 e. The highest BCUT2D eigenvalue weighted by Gasteiger charge is 2.36. The van der Waals surface area contributed by atoms with Crippen molar-refractivity contribution in [2.24, 2.45) is 5.73 Å². The molecule has 1 saturated heterocycles. The van der Waals surface area contributed by atoms with Crippen molar-refractivity contribution in [3.05, 3.63) is 42.1 Å². The zero-order chi connectivity index (χ0) is 12.7. The molecule has 1 aromatic carbocycles. The minimum atomic E-state index is -0.170. The molecule has 2 aromatic rings. The van der Waals surface area contributed by atoms with E-state index in [0.29, 0.717) is 6.42 Å². The van der Waals surface area contributed by atoms with Gasteiger partial charge in [-0.25, -0.2) is 0 Å². The second-order valence-electron chi connectivity index (χ2n) is 4.75. The number of nitrogens with zero attached hydrogens (tertiary/aromatic N) is 2. The molecule has 0 aliphatic carbocycles. The molecule has 2 unspecified atom stereocenters. The zero-order valence-corrected chi connectivity index (χ0v) is 10.2. The third kappa shape index (κ3) is 1.66. The molecule has 0 saturated carbocycles. The molecule has 4 heteroatoms. The standard InChI is InChI=1S/C14H15N3O/c1-17-13(18)8-10(15)14(17)12-7-6-9-4-2-3-5-11(9)16-12/h2-7,10,14H,8,15H2,1H3. The van der Waals surface area contributed by atoms with Crippen molar-refractivity contribution in [3.63, 3.8) is 0 Å². The van der Waals surface area contributed by atoms with Gasteiger partial charge in [0, 0.05) is 24.9 Å². The molecular weight excluding hydrogens is 226 g/mol. The van der Waals surface area contributed by atoms with Gasteiger partial charge in [-0.15, -0.1) is 0 Å². The number of fused-ring (bicyclic) bond motifs is 1. The van der Waals surface area contributed by atoms with E-state index < -0.39 is 0 Å². The van der Waals surface area contributed by atoms with Crippen LogP contribution in [0.3, 0.4) is 0 Å². The summed E-state index contributed by atoms with van der Waals surface area (Å²) >= 11 is 0. The molecule has 1 amide bonds. The van der Waals surface area contributed by atoms with Crippen molar-refractivity contribution in [3.8, 4) is 0 Å². The fraction of sp³-hybridized carbons (Fsp3) is 0.286. The zero-order valence-electron chi connectivity index (χ0n) is 10.2. The maximum Gasteiger partial charge on any atom is 0.224 e. The number of rotatable bonds is 1. The molecule has 18 heavy (non-hydrogen) atoms. The highest BCUT2D eigenvalue weighted by molar-refractivity contribution is 5.81. The van der Waals surface area contributed by atoms with E-state index in [1.54, 1.807) is 11.9 Å². The van der Waals surface area contributed by atoms with Crippen LogP contribution in [-0.4, -0.2) is 28.9 Å². The quantitative estimate of drug-likeness (QED) is 0.822. The first-order valence-electron chi connectivity index (χ1n) is 6.04. The third-order valence-corrected chi connectivity index (χ3v) is 3.55. The third-order valence-electron chi connectivity index (χ3n) is 3.55. The van der Waals surface area contributed by atoms with Gasteiger partial charge < -0.3 is 10.6 Å². The number of hydrogen-bond acceptors (Lipinski definition) is 3. The van der Waals surface area contributed by atoms with Crippen molar-refractivity contribution >= 4 is 16.8 Å². The number of likely N-dealkylation sites (tertiary alicyclic amines) is 1. The molecule has 2 heterocycles. The SMILES string of the molecule is CN1C(=O)CC(N)C1c1ccc2ccccc2n1. The highest BCUT2D eigenvalue weighted by Crippen LogP contribution is 2.30. The molecule has 1 fully saturated rings. The van der Waals surface area contributed by atoms with E-state index in [2.05, 4.69) is 4.98 Å². The molecule has 0 radical (unpaired) electrons. The number of para-hydroxylation sites is 1. The number of amides is 1. The Morgan fingerprint density at radius 1 is 1.28 bits per heavy atom. The van der Waals surface area contributed by atoms with Gasteiger partial charge in [-0.1, -0.05) is 24.3 Å². The van der Waals surface area contributed by atoms with Crippen LogP contribution < -0.4 is 5.73 Å². The fourth-order valence-corrected chi connectivity index (χ4v) is 2.56. The lowest BCUT2D eigenvalue weighted by atomic mass is 10.1. The van der Waals surface area contributed by atoms with Gasteiger partial charge in [0.05, 0.1) is 17.3 Å². The lowest BCUT2D eigenvalue weighted by Gasteiger charge is -2.22. The molecule has 1 aromatic heterocycles. The monoisotopic (exact) mass is 241 g/mol. The maximum atomic E-state index is 11.6. The Hall–Kier alpha value is -1.94. The first kappa shape index (κ1) is 11.2. The van der Waals surface area contributed by atoms with Crippen LogP contribution in [0.25, 0.3) is 10.9 Å². The Morgan fingerprint density at radius 2 is 2.06 bits per heavy atom. The summed E-state index contributed by atoms with van der Waals surface area (Å²) in [5.74, 6) is 0.0856. The molecular formula is C14H15N3O. The molecule has 0 bridgehead atoms. The summed E-state index contributed by atoms with van der Waals surface area (Å²) in [6.07, 6.45) is 0.398. The van der Waals surface area contributed by atoms with E-state index in [4.69, 9.17) is 5.73 Å². The van der Waals surface area contributed by atoms with Crippen LogP contribution in [0, 0.1) is 0 Å². The van der Waals surface area contributed by atoms with Crippen LogP contribution in [0.1, 0.15) is 18.2 Å². The Morgan fingerprint density at radius 3 is 2.78 bits per heavy atom. The summed E-state index contributed by atoms with van der Waals surface area (Å²) in [6, 6.07) is 11.7. The first-order valence-corrected chi connectivity index (χ1v) is 6.04. The molecule has 1 aliphatic rings. The summed E-state index contributed by atoms with van der Waals surface area (Å²) in [4.78, 5) is 18.0. The summed E-state index contributed by atoms with van der Waals surface area (Å²) in [6.45, 7) is 0. The van der Waals surface area contributed by atoms with E-state index in [1.807, 2.05) is 36.4 Å². The van der Waals surface area contributed by atoms with Crippen molar-refractivity contribution in [2.75, 3.05) is 7.05 Å². The number of nitrogens with two attached hydrogens (primary N) is 1. The van der Waals surface area contributed by atoms with E-state index in [0.717, 1.165) is 16.6 Å². The van der Waals surface area contributed by atoms with Gasteiger partial charge in [0.15, 0.2) is 0 Å². The molecule has 0 spiro atoms. The lowest BCUT2D eigenvalue weighted by Crippen LogP contribution is -2.30. The van der Waals surface area contributed by atoms with Gasteiger partial charge in [0.1, 0.15) is 0 Å². The van der Waals surface area contributed by atoms with Crippen LogP contribution in [0.4, 0.5) is 0 Å². The van der Waals surface area contributed by atoms with Crippen LogP contribution in [0.5, 0.6) is 0 Å². The van der Waals surface area contributed by atoms with Gasteiger partial charge in [-0.05, 0) is 12.1 Å². The largest absolute Gasteiger partial charge is 0.335 e. The number of carbonyl (C=O) groups excluding carboxylic acids is 1. The topological polar surface area (TPSA) is 59.2 Å². The van der Waals surface area contributed by atoms with Gasteiger partial charge in [0.25, 0.3) is 0 Å². The van der Waals surface area contributed by atoms with Crippen molar-refractivity contribution in [1.82, 2.24) is 9.88 Å². The minimum Gasteiger partial charge on any atom is -0.335 e. The Balaban J connectivity index is 2.06. The summed E-state index contributed by atoms with van der Waals surface area (Å²) in [7, 11) is 1.79. The van der Waals surface area contributed by atoms with Crippen LogP contribution in [0.15, 0.2) is 36.4 Å². The second kappa shape index (κ2) is 4.07. The summed E-state index contributed by atoms with van der Waals surface area (Å²) < 4.78 is 0. The first-order chi connectivity index (χ1) is 8.66. The van der Waals surface area contributed by atoms with Gasteiger partial charge in [-0.3, -0.25) is 9.78 Å². The van der Waals surface area contributed by atoms with E-state index in [-0.39, 0.29) is 18.0 Å². The van der Waals surface area contributed by atoms with E-state index in [1.165, 1.54) is 0 Å². The number of carbonyl (C=O) groups is 1. The lowest BCUT2D eigenvalue weighted by molar-refractivity contribution is -0.127. The molecule has 4 nitrogen and oxygen atoms in total. The molecule has 92 valence electrons. The summed E-state index contributed by atoms with van der Waals surface area (Å²) in [5, 5.41) is 1.10. The predicted octanol–water partition coefficient (Wildman–Crippen LogP) is 1.47. The van der Waals surface area contributed by atoms with Crippen LogP contribution >= 0.6 is 0 Å². The molecule has 2 N–H and O–H groups in total. The van der Waals surface area contributed by atoms with Crippen molar-refractivity contribution in [1.29, 1.82) is 0 Å². The molecule has 1 aliphatic heterocycles. The van der Waals surface area contributed by atoms with Crippen molar-refractivity contribution in [2.45, 2.75) is 18.5 Å². The minimum absolute atomic E-state index is 0.0856. The average Bonchev–Trinajstić information content (AvgIpc) is 2.63. The molecule has 2 atom stereocenters. The van der Waals surface area contributed by atoms with Crippen LogP contribution in [-0.2, 0) is 4.79 Å². The highest BCUT2D eigenvalue weighted by atomic mass is 16.2. The second-order valence-corrected chi connectivity index (χ2v) is 4.75. The average molecular weight is 241 g/mol. The van der Waals surface area contributed by atoms with Gasteiger partial charge in [0.2, 0.25) is 5.91 Å². The predicted molar refractivity (Wildman–Crippen MR) is 69.8 cm³/mol. The van der Waals surface area contributed by atoms with Gasteiger partial charge >= 0.3 is 0 Å². The maximum absolute atomic E-state index is 11.6. The Bertz CT molecular complexity index is 611. The normalized spacial score (nSPS) is 23.9. The van der Waals surface area contributed by atoms with Crippen molar-refractivity contribution < 1.29 is 4.79 Å². The van der Waals surface area contributed by atoms with Crippen LogP contribution in [0.2, 0.25) is 0 Å². The fourth-order valence-electron chi connectivity index (χ4n) is 2.56. The van der Waals surface area contributed by atoms with E-state index in [9.17, 15) is 4.79 Å². The van der Waals surface area contributed by atoms with E-state index >= 15 is 0 Å². The number of hydrogen-bond donors (Lipinski definition) is 1. The van der Waals surface area contributed by atoms with Gasteiger partial charge in [-0.2, -0.15) is 0 Å².